The van der Waals surface area contributed by atoms with Crippen molar-refractivity contribution in [2.24, 2.45) is 5.73 Å². The summed E-state index contributed by atoms with van der Waals surface area (Å²) >= 11 is 1.80. The molecule has 0 heterocycles. The summed E-state index contributed by atoms with van der Waals surface area (Å²) in [6.07, 6.45) is 4.06. The second-order valence-corrected chi connectivity index (χ2v) is 4.10. The van der Waals surface area contributed by atoms with Crippen molar-refractivity contribution in [2.75, 3.05) is 25.2 Å². The Kier molecular flexibility index (Phi) is 6.90. The molecule has 0 aliphatic carbocycles. The molecule has 0 aromatic rings. The summed E-state index contributed by atoms with van der Waals surface area (Å²) in [4.78, 5) is 0. The number of hydrogen-bond acceptors (Lipinski definition) is 3. The van der Waals surface area contributed by atoms with E-state index in [9.17, 15) is 0 Å². The van der Waals surface area contributed by atoms with Gasteiger partial charge < -0.3 is 10.5 Å². The third-order valence-corrected chi connectivity index (χ3v) is 2.80. The highest BCUT2D eigenvalue weighted by Gasteiger charge is 2.19. The van der Waals surface area contributed by atoms with E-state index in [0.29, 0.717) is 6.61 Å². The maximum atomic E-state index is 6.05. The van der Waals surface area contributed by atoms with Crippen LogP contribution in [0.4, 0.5) is 0 Å². The smallest absolute Gasteiger partial charge is 0.0646 e. The van der Waals surface area contributed by atoms with E-state index in [1.165, 1.54) is 0 Å². The molecule has 0 fully saturated rings. The first kappa shape index (κ1) is 12.3. The van der Waals surface area contributed by atoms with Crippen LogP contribution in [0.5, 0.6) is 0 Å². The minimum absolute atomic E-state index is 0.0988. The van der Waals surface area contributed by atoms with Crippen molar-refractivity contribution in [1.29, 1.82) is 0 Å². The van der Waals surface area contributed by atoms with Crippen LogP contribution >= 0.6 is 11.8 Å². The first-order chi connectivity index (χ1) is 5.68. The minimum atomic E-state index is -0.0988. The third kappa shape index (κ3) is 5.01. The number of ether oxygens (including phenoxy) is 1. The molecule has 2 N–H and O–H groups in total. The Morgan fingerprint density at radius 1 is 1.33 bits per heavy atom. The Morgan fingerprint density at radius 3 is 2.33 bits per heavy atom. The van der Waals surface area contributed by atoms with Crippen LogP contribution in [0.25, 0.3) is 0 Å². The summed E-state index contributed by atoms with van der Waals surface area (Å²) in [7, 11) is 0. The van der Waals surface area contributed by atoms with Crippen molar-refractivity contribution >= 4 is 11.8 Å². The van der Waals surface area contributed by atoms with Gasteiger partial charge in [-0.3, -0.25) is 0 Å². The van der Waals surface area contributed by atoms with Crippen LogP contribution < -0.4 is 5.73 Å². The van der Waals surface area contributed by atoms with Crippen molar-refractivity contribution < 1.29 is 4.74 Å². The van der Waals surface area contributed by atoms with Gasteiger partial charge in [0, 0.05) is 11.3 Å². The predicted octanol–water partition coefficient (Wildman–Crippen LogP) is 1.88. The highest BCUT2D eigenvalue weighted by Crippen LogP contribution is 2.11. The molecule has 0 amide bonds. The molecule has 0 unspecified atom stereocenters. The lowest BCUT2D eigenvalue weighted by Gasteiger charge is -2.26. The van der Waals surface area contributed by atoms with Crippen molar-refractivity contribution in [1.82, 2.24) is 0 Å². The highest BCUT2D eigenvalue weighted by molar-refractivity contribution is 7.98. The maximum absolute atomic E-state index is 6.05. The van der Waals surface area contributed by atoms with Gasteiger partial charge in [0.2, 0.25) is 0 Å². The van der Waals surface area contributed by atoms with Crippen LogP contribution in [0.15, 0.2) is 0 Å². The number of hydrogen-bond donors (Lipinski definition) is 1. The molecule has 0 rings (SSSR count). The number of rotatable bonds is 7. The van der Waals surface area contributed by atoms with Gasteiger partial charge in [-0.25, -0.2) is 0 Å². The first-order valence-electron chi connectivity index (χ1n) is 4.54. The van der Waals surface area contributed by atoms with Gasteiger partial charge in [0.05, 0.1) is 13.2 Å². The van der Waals surface area contributed by atoms with Gasteiger partial charge in [-0.1, -0.05) is 13.8 Å². The van der Waals surface area contributed by atoms with E-state index in [1.807, 2.05) is 0 Å². The Morgan fingerprint density at radius 2 is 1.92 bits per heavy atom. The third-order valence-electron chi connectivity index (χ3n) is 2.23. The zero-order chi connectivity index (χ0) is 9.45. The molecule has 0 aromatic heterocycles. The van der Waals surface area contributed by atoms with E-state index in [2.05, 4.69) is 20.1 Å². The van der Waals surface area contributed by atoms with Crippen molar-refractivity contribution in [3.05, 3.63) is 0 Å². The fourth-order valence-electron chi connectivity index (χ4n) is 0.872. The SMILES string of the molecule is CCC(N)(CC)COCCSC. The molecule has 0 aromatic carbocycles. The first-order valence-corrected chi connectivity index (χ1v) is 5.93. The van der Waals surface area contributed by atoms with Crippen LogP contribution in [-0.2, 0) is 4.74 Å². The molecule has 0 aliphatic rings. The molecule has 74 valence electrons. The Labute approximate surface area is 80.2 Å². The van der Waals surface area contributed by atoms with E-state index in [4.69, 9.17) is 10.5 Å². The number of nitrogens with two attached hydrogens (primary N) is 1. The molecule has 0 spiro atoms. The van der Waals surface area contributed by atoms with Gasteiger partial charge in [0.1, 0.15) is 0 Å². The maximum Gasteiger partial charge on any atom is 0.0646 e. The fraction of sp³-hybridized carbons (Fsp3) is 1.00. The lowest BCUT2D eigenvalue weighted by Crippen LogP contribution is -2.43. The van der Waals surface area contributed by atoms with Gasteiger partial charge in [0.15, 0.2) is 0 Å². The van der Waals surface area contributed by atoms with E-state index < -0.39 is 0 Å². The second-order valence-electron chi connectivity index (χ2n) is 3.11. The molecule has 3 heteroatoms. The predicted molar refractivity (Wildman–Crippen MR) is 56.7 cm³/mol. The van der Waals surface area contributed by atoms with Crippen LogP contribution in [-0.4, -0.2) is 30.8 Å². The van der Waals surface area contributed by atoms with Crippen LogP contribution in [0, 0.1) is 0 Å². The Bertz CT molecular complexity index is 105. The van der Waals surface area contributed by atoms with Crippen LogP contribution in [0.3, 0.4) is 0 Å². The van der Waals surface area contributed by atoms with Gasteiger partial charge in [-0.2, -0.15) is 11.8 Å². The topological polar surface area (TPSA) is 35.2 Å². The van der Waals surface area contributed by atoms with Gasteiger partial charge in [0.25, 0.3) is 0 Å². The zero-order valence-corrected chi connectivity index (χ0v) is 9.25. The molecular weight excluding hydrogens is 170 g/mol. The highest BCUT2D eigenvalue weighted by atomic mass is 32.2. The monoisotopic (exact) mass is 191 g/mol. The normalized spacial score (nSPS) is 12.0. The Balaban J connectivity index is 3.45. The summed E-state index contributed by atoms with van der Waals surface area (Å²) in [5.74, 6) is 1.06. The van der Waals surface area contributed by atoms with E-state index in [1.54, 1.807) is 11.8 Å². The van der Waals surface area contributed by atoms with Crippen LogP contribution in [0.1, 0.15) is 26.7 Å². The molecule has 12 heavy (non-hydrogen) atoms. The number of thioether (sulfide) groups is 1. The van der Waals surface area contributed by atoms with E-state index in [0.717, 1.165) is 25.2 Å². The van der Waals surface area contributed by atoms with Crippen molar-refractivity contribution in [2.45, 2.75) is 32.2 Å². The average Bonchev–Trinajstić information content (AvgIpc) is 2.12. The Hall–Kier alpha value is 0.270. The quantitative estimate of drug-likeness (QED) is 0.624. The van der Waals surface area contributed by atoms with E-state index >= 15 is 0 Å². The summed E-state index contributed by atoms with van der Waals surface area (Å²) < 4.78 is 5.48. The molecule has 0 radical (unpaired) electrons. The van der Waals surface area contributed by atoms with E-state index in [-0.39, 0.29) is 5.54 Å². The zero-order valence-electron chi connectivity index (χ0n) is 8.43. The lowest BCUT2D eigenvalue weighted by molar-refractivity contribution is 0.0923. The summed E-state index contributed by atoms with van der Waals surface area (Å²) in [5.41, 5.74) is 5.95. The van der Waals surface area contributed by atoms with Gasteiger partial charge >= 0.3 is 0 Å². The minimum Gasteiger partial charge on any atom is -0.379 e. The molecule has 0 aliphatic heterocycles. The summed E-state index contributed by atoms with van der Waals surface area (Å²) in [6.45, 7) is 5.74. The summed E-state index contributed by atoms with van der Waals surface area (Å²) in [6, 6.07) is 0. The molecule has 0 saturated carbocycles. The lowest BCUT2D eigenvalue weighted by atomic mass is 9.96. The molecule has 0 atom stereocenters. The van der Waals surface area contributed by atoms with Crippen molar-refractivity contribution in [3.8, 4) is 0 Å². The largest absolute Gasteiger partial charge is 0.379 e. The van der Waals surface area contributed by atoms with Gasteiger partial charge in [-0.05, 0) is 19.1 Å². The fourth-order valence-corrected chi connectivity index (χ4v) is 1.16. The van der Waals surface area contributed by atoms with Gasteiger partial charge in [-0.15, -0.1) is 0 Å². The second kappa shape index (κ2) is 6.75. The average molecular weight is 191 g/mol. The molecule has 2 nitrogen and oxygen atoms in total. The molecular formula is C9H21NOS. The van der Waals surface area contributed by atoms with Crippen molar-refractivity contribution in [3.63, 3.8) is 0 Å². The van der Waals surface area contributed by atoms with Crippen LogP contribution in [0.2, 0.25) is 0 Å². The standard InChI is InChI=1S/C9H21NOS/c1-4-9(10,5-2)8-11-6-7-12-3/h4-8,10H2,1-3H3. The summed E-state index contributed by atoms with van der Waals surface area (Å²) in [5, 5.41) is 0. The molecule has 0 bridgehead atoms. The molecule has 0 saturated heterocycles.